The predicted molar refractivity (Wildman–Crippen MR) is 204 cm³/mol. The number of fused-ring (bicyclic) bond motifs is 6. The second-order valence-electron chi connectivity index (χ2n) is 12.4. The van der Waals surface area contributed by atoms with E-state index in [4.69, 9.17) is 4.98 Å². The molecule has 3 aromatic heterocycles. The smallest absolute Gasteiger partial charge is 0.0707 e. The second-order valence-corrected chi connectivity index (χ2v) is 12.4. The van der Waals surface area contributed by atoms with E-state index in [-0.39, 0.29) is 26.0 Å². The molecule has 0 aliphatic heterocycles. The number of hydrogen-bond donors (Lipinski definition) is 0. The van der Waals surface area contributed by atoms with Crippen LogP contribution in [0.4, 0.5) is 0 Å². The van der Waals surface area contributed by atoms with Crippen LogP contribution < -0.4 is 0 Å². The minimum absolute atomic E-state index is 0. The summed E-state index contributed by atoms with van der Waals surface area (Å²) in [6.07, 6.45) is 3.81. The molecular formula is C47H31IrN3-2. The molecule has 0 saturated heterocycles. The van der Waals surface area contributed by atoms with Gasteiger partial charge in [0.2, 0.25) is 0 Å². The van der Waals surface area contributed by atoms with E-state index in [1.165, 1.54) is 44.1 Å². The number of benzene rings is 6. The van der Waals surface area contributed by atoms with Gasteiger partial charge in [-0.2, -0.15) is 0 Å². The Hall–Kier alpha value is -5.93. The van der Waals surface area contributed by atoms with Crippen LogP contribution in [-0.4, -0.2) is 14.5 Å². The fourth-order valence-corrected chi connectivity index (χ4v) is 7.25. The molecule has 9 aromatic rings. The van der Waals surface area contributed by atoms with Crippen molar-refractivity contribution < 1.29 is 20.1 Å². The van der Waals surface area contributed by atoms with Crippen molar-refractivity contribution in [2.24, 2.45) is 0 Å². The molecule has 1 aliphatic rings. The van der Waals surface area contributed by atoms with Crippen LogP contribution >= 0.6 is 0 Å². The number of para-hydroxylation sites is 1. The van der Waals surface area contributed by atoms with Gasteiger partial charge < -0.3 is 14.5 Å². The van der Waals surface area contributed by atoms with Crippen LogP contribution in [-0.2, 0) is 20.1 Å². The number of aromatic nitrogens is 3. The average Bonchev–Trinajstić information content (AvgIpc) is 3.70. The first kappa shape index (κ1) is 32.3. The van der Waals surface area contributed by atoms with Crippen LogP contribution in [0, 0.1) is 12.1 Å². The molecule has 10 rings (SSSR count). The van der Waals surface area contributed by atoms with Gasteiger partial charge in [0.25, 0.3) is 0 Å². The standard InChI is InChI=1S/C36H23N2.C11H8N.Ir/c1-4-12-24(13-5-1)33-21-31-30-20-29-27-18-10-11-19-28(27)36(25-14-6-2-7-15-25)32(29)22-34(30)38(35(31)23-37-33)26-16-8-3-9-17-26;1-2-6-10(7-3-1)11-8-4-5-9-12-11;/h1-12,14-23,36H;1-6,8-9H;/q2*-1;. The third-order valence-corrected chi connectivity index (χ3v) is 9.48. The molecule has 0 amide bonds. The number of nitrogens with zero attached hydrogens (tertiary/aromatic N) is 3. The zero-order valence-electron chi connectivity index (χ0n) is 27.6. The third kappa shape index (κ3) is 5.99. The molecule has 1 atom stereocenters. The van der Waals surface area contributed by atoms with E-state index >= 15 is 0 Å². The molecule has 3 nitrogen and oxygen atoms in total. The summed E-state index contributed by atoms with van der Waals surface area (Å²) in [5.41, 5.74) is 14.1. The van der Waals surface area contributed by atoms with Crippen LogP contribution in [0.1, 0.15) is 22.6 Å². The number of pyridine rings is 2. The van der Waals surface area contributed by atoms with Crippen molar-refractivity contribution in [1.82, 2.24) is 14.5 Å². The molecule has 0 saturated carbocycles. The van der Waals surface area contributed by atoms with Crippen molar-refractivity contribution in [2.75, 3.05) is 0 Å². The molecule has 0 bridgehead atoms. The zero-order chi connectivity index (χ0) is 33.3. The van der Waals surface area contributed by atoms with Crippen LogP contribution in [0.15, 0.2) is 182 Å². The van der Waals surface area contributed by atoms with E-state index in [9.17, 15) is 0 Å². The van der Waals surface area contributed by atoms with E-state index < -0.39 is 0 Å². The van der Waals surface area contributed by atoms with Crippen molar-refractivity contribution in [3.8, 4) is 39.3 Å². The normalized spacial score (nSPS) is 12.7. The Balaban J connectivity index is 0.000000245. The predicted octanol–water partition coefficient (Wildman–Crippen LogP) is 11.4. The molecule has 1 aliphatic carbocycles. The average molecular weight is 830 g/mol. The van der Waals surface area contributed by atoms with Gasteiger partial charge in [-0.25, -0.2) is 0 Å². The van der Waals surface area contributed by atoms with Crippen LogP contribution in [0.2, 0.25) is 0 Å². The monoisotopic (exact) mass is 830 g/mol. The maximum absolute atomic E-state index is 4.88. The molecule has 3 heterocycles. The van der Waals surface area contributed by atoms with Crippen molar-refractivity contribution >= 4 is 21.8 Å². The van der Waals surface area contributed by atoms with Crippen molar-refractivity contribution in [3.05, 3.63) is 211 Å². The van der Waals surface area contributed by atoms with E-state index in [0.29, 0.717) is 0 Å². The summed E-state index contributed by atoms with van der Waals surface area (Å²) >= 11 is 0. The molecule has 6 aromatic carbocycles. The molecule has 245 valence electrons. The van der Waals surface area contributed by atoms with Crippen molar-refractivity contribution in [3.63, 3.8) is 0 Å². The fourth-order valence-electron chi connectivity index (χ4n) is 7.25. The number of hydrogen-bond acceptors (Lipinski definition) is 2. The summed E-state index contributed by atoms with van der Waals surface area (Å²) in [7, 11) is 0. The van der Waals surface area contributed by atoms with Crippen LogP contribution in [0.25, 0.3) is 61.1 Å². The minimum atomic E-state index is 0. The first-order valence-electron chi connectivity index (χ1n) is 16.9. The molecule has 1 unspecified atom stereocenters. The second kappa shape index (κ2) is 14.1. The Labute approximate surface area is 311 Å². The Morgan fingerprint density at radius 1 is 0.490 bits per heavy atom. The van der Waals surface area contributed by atoms with Gasteiger partial charge in [-0.05, 0) is 69.5 Å². The molecule has 1 radical (unpaired) electrons. The largest absolute Gasteiger partial charge is 0.308 e. The van der Waals surface area contributed by atoms with Gasteiger partial charge in [0.15, 0.2) is 0 Å². The topological polar surface area (TPSA) is 30.7 Å². The van der Waals surface area contributed by atoms with Crippen LogP contribution in [0.5, 0.6) is 0 Å². The Kier molecular flexibility index (Phi) is 8.94. The van der Waals surface area contributed by atoms with Gasteiger partial charge in [0, 0.05) is 54.9 Å². The van der Waals surface area contributed by atoms with Gasteiger partial charge in [-0.15, -0.1) is 71.8 Å². The Morgan fingerprint density at radius 3 is 1.84 bits per heavy atom. The van der Waals surface area contributed by atoms with Gasteiger partial charge in [-0.1, -0.05) is 91.0 Å². The SMILES string of the molecule is [Ir].[c-]1ccccc1-c1cc2c3cc4c(cc3n(-c3ccccc3)c2cn1)C(c1ccccc1)c1ccccc1-4.[c-]1ccccc1-c1ccccn1. The van der Waals surface area contributed by atoms with Crippen molar-refractivity contribution in [2.45, 2.75) is 5.92 Å². The maximum atomic E-state index is 4.88. The molecule has 0 spiro atoms. The molecule has 51 heavy (non-hydrogen) atoms. The fraction of sp³-hybridized carbons (Fsp3) is 0.0213. The summed E-state index contributed by atoms with van der Waals surface area (Å²) in [5.74, 6) is 0.210. The first-order chi connectivity index (χ1) is 24.8. The summed E-state index contributed by atoms with van der Waals surface area (Å²) in [6.45, 7) is 0. The van der Waals surface area contributed by atoms with Gasteiger partial charge >= 0.3 is 0 Å². The first-order valence-corrected chi connectivity index (χ1v) is 16.9. The summed E-state index contributed by atoms with van der Waals surface area (Å²) in [4.78, 5) is 9.10. The van der Waals surface area contributed by atoms with Gasteiger partial charge in [-0.3, -0.25) is 0 Å². The zero-order valence-corrected chi connectivity index (χ0v) is 30.0. The summed E-state index contributed by atoms with van der Waals surface area (Å²) in [6, 6.07) is 65.6. The summed E-state index contributed by atoms with van der Waals surface area (Å²) < 4.78 is 2.36. The Morgan fingerprint density at radius 2 is 1.14 bits per heavy atom. The van der Waals surface area contributed by atoms with Crippen molar-refractivity contribution in [1.29, 1.82) is 0 Å². The molecule has 0 fully saturated rings. The maximum Gasteiger partial charge on any atom is 0.0707 e. The van der Waals surface area contributed by atoms with E-state index in [1.807, 2.05) is 66.9 Å². The summed E-state index contributed by atoms with van der Waals surface area (Å²) in [5, 5.41) is 2.44. The van der Waals surface area contributed by atoms with E-state index in [2.05, 4.69) is 131 Å². The van der Waals surface area contributed by atoms with Gasteiger partial charge in [0.05, 0.1) is 11.0 Å². The van der Waals surface area contributed by atoms with E-state index in [0.717, 1.165) is 33.7 Å². The van der Waals surface area contributed by atoms with E-state index in [1.54, 1.807) is 6.20 Å². The molecule has 0 N–H and O–H groups in total. The molecular weight excluding hydrogens is 799 g/mol. The molecule has 4 heteroatoms. The Bertz CT molecular complexity index is 2530. The quantitative estimate of drug-likeness (QED) is 0.165. The number of rotatable bonds is 4. The van der Waals surface area contributed by atoms with Gasteiger partial charge in [0.1, 0.15) is 0 Å². The third-order valence-electron chi connectivity index (χ3n) is 9.48. The van der Waals surface area contributed by atoms with Crippen LogP contribution in [0.3, 0.4) is 0 Å². The minimum Gasteiger partial charge on any atom is -0.308 e.